The fraction of sp³-hybridized carbons (Fsp3) is 0.208. The maximum absolute atomic E-state index is 13.1. The number of nitrogens with two attached hydrogens (primary N) is 1. The summed E-state index contributed by atoms with van der Waals surface area (Å²) in [5.41, 5.74) is 9.82. The highest BCUT2D eigenvalue weighted by Gasteiger charge is 2.20. The third-order valence-corrected chi connectivity index (χ3v) is 6.35. The smallest absolute Gasteiger partial charge is 0.252 e. The van der Waals surface area contributed by atoms with Crippen LogP contribution < -0.4 is 5.73 Å². The molecule has 6 nitrogen and oxygen atoms in total. The van der Waals surface area contributed by atoms with Gasteiger partial charge in [0, 0.05) is 40.1 Å². The molecule has 0 bridgehead atoms. The summed E-state index contributed by atoms with van der Waals surface area (Å²) in [5.74, 6) is -0.613. The molecular formula is C24H24N4O2S. The van der Waals surface area contributed by atoms with Crippen molar-refractivity contribution in [1.82, 2.24) is 14.3 Å². The van der Waals surface area contributed by atoms with E-state index in [1.807, 2.05) is 50.2 Å². The largest absolute Gasteiger partial charge is 0.365 e. The molecule has 2 N–H and O–H groups in total. The molecule has 4 rings (SSSR count). The van der Waals surface area contributed by atoms with Gasteiger partial charge >= 0.3 is 0 Å². The molecule has 0 spiro atoms. The SMILES string of the molecule is Cc1cc(C(=O)Cn2cc(C(N)=O)c(-c3ccccc3)n2)c(C)n1CCc1cccs1. The molecule has 158 valence electrons. The second kappa shape index (κ2) is 8.73. The lowest BCUT2D eigenvalue weighted by molar-refractivity contribution is 0.0963. The normalized spacial score (nSPS) is 11.0. The second-order valence-corrected chi connectivity index (χ2v) is 8.54. The zero-order chi connectivity index (χ0) is 22.0. The number of rotatable bonds is 8. The second-order valence-electron chi connectivity index (χ2n) is 7.51. The molecule has 0 aliphatic carbocycles. The molecule has 0 fully saturated rings. The molecule has 0 aliphatic rings. The monoisotopic (exact) mass is 432 g/mol. The summed E-state index contributed by atoms with van der Waals surface area (Å²) in [7, 11) is 0. The molecule has 3 aromatic heterocycles. The lowest BCUT2D eigenvalue weighted by Gasteiger charge is -2.09. The fourth-order valence-corrected chi connectivity index (χ4v) is 4.53. The lowest BCUT2D eigenvalue weighted by Crippen LogP contribution is -2.13. The summed E-state index contributed by atoms with van der Waals surface area (Å²) >= 11 is 1.74. The van der Waals surface area contributed by atoms with E-state index in [1.165, 1.54) is 9.56 Å². The highest BCUT2D eigenvalue weighted by Crippen LogP contribution is 2.23. The van der Waals surface area contributed by atoms with Gasteiger partial charge in [-0.15, -0.1) is 11.3 Å². The number of Topliss-reactive ketones (excluding diaryl/α,β-unsaturated/α-hetero) is 1. The zero-order valence-corrected chi connectivity index (χ0v) is 18.4. The fourth-order valence-electron chi connectivity index (χ4n) is 3.83. The first-order valence-electron chi connectivity index (χ1n) is 10.1. The number of aromatic nitrogens is 3. The van der Waals surface area contributed by atoms with Crippen LogP contribution in [0.2, 0.25) is 0 Å². The van der Waals surface area contributed by atoms with Gasteiger partial charge in [-0.1, -0.05) is 36.4 Å². The molecule has 0 saturated heterocycles. The Hall–Kier alpha value is -3.45. The van der Waals surface area contributed by atoms with Crippen molar-refractivity contribution in [3.63, 3.8) is 0 Å². The third kappa shape index (κ3) is 4.36. The van der Waals surface area contributed by atoms with E-state index in [-0.39, 0.29) is 12.3 Å². The number of hydrogen-bond acceptors (Lipinski definition) is 4. The third-order valence-electron chi connectivity index (χ3n) is 5.42. The van der Waals surface area contributed by atoms with Gasteiger partial charge in [-0.2, -0.15) is 5.10 Å². The predicted octanol–water partition coefficient (Wildman–Crippen LogP) is 4.25. The van der Waals surface area contributed by atoms with Crippen molar-refractivity contribution in [2.45, 2.75) is 33.4 Å². The zero-order valence-electron chi connectivity index (χ0n) is 17.5. The van der Waals surface area contributed by atoms with E-state index in [0.717, 1.165) is 29.9 Å². The van der Waals surface area contributed by atoms with Gasteiger partial charge in [0.05, 0.1) is 5.56 Å². The number of carbonyl (C=O) groups excluding carboxylic acids is 2. The highest BCUT2D eigenvalue weighted by atomic mass is 32.1. The summed E-state index contributed by atoms with van der Waals surface area (Å²) in [4.78, 5) is 26.3. The molecule has 0 radical (unpaired) electrons. The molecule has 3 heterocycles. The lowest BCUT2D eigenvalue weighted by atomic mass is 10.1. The standard InChI is InChI=1S/C24H24N4O2S/c1-16-13-20(17(2)28(16)11-10-19-9-6-12-31-19)22(29)15-27-14-21(24(25)30)23(26-27)18-7-4-3-5-8-18/h3-9,12-14H,10-11,15H2,1-2H3,(H2,25,30). The number of thiophene rings is 1. The number of benzene rings is 1. The highest BCUT2D eigenvalue weighted by molar-refractivity contribution is 7.09. The number of aryl methyl sites for hydroxylation is 2. The number of primary amides is 1. The molecule has 1 amide bonds. The molecule has 7 heteroatoms. The summed E-state index contributed by atoms with van der Waals surface area (Å²) in [5, 5.41) is 6.56. The van der Waals surface area contributed by atoms with Gasteiger partial charge < -0.3 is 10.3 Å². The average Bonchev–Trinajstić information content (AvgIpc) is 3.47. The van der Waals surface area contributed by atoms with Crippen molar-refractivity contribution >= 4 is 23.0 Å². The molecule has 31 heavy (non-hydrogen) atoms. The molecule has 0 aliphatic heterocycles. The minimum absolute atomic E-state index is 0.0440. The van der Waals surface area contributed by atoms with Crippen LogP contribution in [0.3, 0.4) is 0 Å². The van der Waals surface area contributed by atoms with Gasteiger partial charge in [0.2, 0.25) is 0 Å². The summed E-state index contributed by atoms with van der Waals surface area (Å²) < 4.78 is 3.68. The number of carbonyl (C=O) groups is 2. The topological polar surface area (TPSA) is 82.9 Å². The van der Waals surface area contributed by atoms with Crippen LogP contribution >= 0.6 is 11.3 Å². The number of amides is 1. The van der Waals surface area contributed by atoms with E-state index in [9.17, 15) is 9.59 Å². The Kier molecular flexibility index (Phi) is 5.86. The first kappa shape index (κ1) is 20.8. The van der Waals surface area contributed by atoms with Crippen LogP contribution in [0, 0.1) is 13.8 Å². The van der Waals surface area contributed by atoms with Crippen molar-refractivity contribution in [1.29, 1.82) is 0 Å². The van der Waals surface area contributed by atoms with E-state index < -0.39 is 5.91 Å². The number of nitrogens with zero attached hydrogens (tertiary/aromatic N) is 3. The minimum atomic E-state index is -0.565. The van der Waals surface area contributed by atoms with E-state index in [0.29, 0.717) is 16.8 Å². The Morgan fingerprint density at radius 3 is 2.52 bits per heavy atom. The van der Waals surface area contributed by atoms with Crippen LogP contribution in [0.15, 0.2) is 60.1 Å². The van der Waals surface area contributed by atoms with E-state index in [1.54, 1.807) is 17.5 Å². The Morgan fingerprint density at radius 2 is 1.84 bits per heavy atom. The Bertz CT molecular complexity index is 1220. The maximum Gasteiger partial charge on any atom is 0.252 e. The van der Waals surface area contributed by atoms with Crippen LogP contribution in [-0.2, 0) is 19.5 Å². The van der Waals surface area contributed by atoms with Gasteiger partial charge in [-0.05, 0) is 37.8 Å². The first-order valence-corrected chi connectivity index (χ1v) is 11.0. The van der Waals surface area contributed by atoms with Crippen molar-refractivity contribution in [2.75, 3.05) is 0 Å². The minimum Gasteiger partial charge on any atom is -0.365 e. The maximum atomic E-state index is 13.1. The van der Waals surface area contributed by atoms with E-state index in [2.05, 4.69) is 27.2 Å². The average molecular weight is 433 g/mol. The molecule has 0 saturated carbocycles. The predicted molar refractivity (Wildman–Crippen MR) is 122 cm³/mol. The Balaban J connectivity index is 1.56. The molecule has 0 unspecified atom stereocenters. The molecule has 1 aromatic carbocycles. The number of ketones is 1. The van der Waals surface area contributed by atoms with Gasteiger partial charge in [-0.3, -0.25) is 14.3 Å². The van der Waals surface area contributed by atoms with E-state index >= 15 is 0 Å². The van der Waals surface area contributed by atoms with Crippen LogP contribution in [0.4, 0.5) is 0 Å². The molecule has 4 aromatic rings. The Morgan fingerprint density at radius 1 is 1.06 bits per heavy atom. The van der Waals surface area contributed by atoms with Crippen LogP contribution in [0.5, 0.6) is 0 Å². The molecular weight excluding hydrogens is 408 g/mol. The summed E-state index contributed by atoms with van der Waals surface area (Å²) in [6, 6.07) is 15.5. The Labute approximate surface area is 184 Å². The quantitative estimate of drug-likeness (QED) is 0.423. The van der Waals surface area contributed by atoms with Crippen LogP contribution in [0.25, 0.3) is 11.3 Å². The molecule has 0 atom stereocenters. The van der Waals surface area contributed by atoms with Gasteiger partial charge in [0.15, 0.2) is 5.78 Å². The van der Waals surface area contributed by atoms with Gasteiger partial charge in [0.25, 0.3) is 5.91 Å². The van der Waals surface area contributed by atoms with Crippen molar-refractivity contribution < 1.29 is 9.59 Å². The first-order chi connectivity index (χ1) is 14.9. The van der Waals surface area contributed by atoms with Crippen LogP contribution in [-0.4, -0.2) is 26.0 Å². The van der Waals surface area contributed by atoms with Gasteiger partial charge in [-0.25, -0.2) is 0 Å². The number of hydrogen-bond donors (Lipinski definition) is 1. The van der Waals surface area contributed by atoms with Crippen molar-refractivity contribution in [2.24, 2.45) is 5.73 Å². The van der Waals surface area contributed by atoms with E-state index in [4.69, 9.17) is 5.73 Å². The summed E-state index contributed by atoms with van der Waals surface area (Å²) in [6.45, 7) is 4.87. The van der Waals surface area contributed by atoms with Gasteiger partial charge in [0.1, 0.15) is 12.2 Å². The summed E-state index contributed by atoms with van der Waals surface area (Å²) in [6.07, 6.45) is 2.49. The van der Waals surface area contributed by atoms with Crippen molar-refractivity contribution in [3.8, 4) is 11.3 Å². The van der Waals surface area contributed by atoms with Crippen LogP contribution in [0.1, 0.15) is 37.0 Å². The van der Waals surface area contributed by atoms with Crippen molar-refractivity contribution in [3.05, 3.63) is 87.5 Å².